The maximum Gasteiger partial charge on any atom is 0.0218 e. The first-order valence-electron chi connectivity index (χ1n) is 6.78. The van der Waals surface area contributed by atoms with E-state index in [9.17, 15) is 0 Å². The molecule has 16 heavy (non-hydrogen) atoms. The van der Waals surface area contributed by atoms with Crippen molar-refractivity contribution < 1.29 is 0 Å². The lowest BCUT2D eigenvalue weighted by atomic mass is 9.96. The second-order valence-corrected chi connectivity index (χ2v) is 5.64. The molecule has 3 nitrogen and oxygen atoms in total. The van der Waals surface area contributed by atoms with Crippen molar-refractivity contribution >= 4 is 0 Å². The highest BCUT2D eigenvalue weighted by atomic mass is 15.5. The second kappa shape index (κ2) is 6.58. The maximum absolute atomic E-state index is 5.80. The third-order valence-corrected chi connectivity index (χ3v) is 3.98. The van der Waals surface area contributed by atoms with E-state index in [1.165, 1.54) is 19.3 Å². The van der Waals surface area contributed by atoms with E-state index in [2.05, 4.69) is 38.1 Å². The molecule has 3 N–H and O–H groups in total. The lowest BCUT2D eigenvalue weighted by Gasteiger charge is -2.40. The monoisotopic (exact) mass is 227 g/mol. The molecule has 0 aliphatic carbocycles. The van der Waals surface area contributed by atoms with Crippen molar-refractivity contribution in [3.05, 3.63) is 0 Å². The van der Waals surface area contributed by atoms with Crippen LogP contribution in [0.5, 0.6) is 0 Å². The summed E-state index contributed by atoms with van der Waals surface area (Å²) in [4.78, 5) is 0. The van der Waals surface area contributed by atoms with Crippen LogP contribution in [0.2, 0.25) is 0 Å². The molecule has 0 spiro atoms. The Morgan fingerprint density at radius 3 is 2.25 bits per heavy atom. The molecule has 0 radical (unpaired) electrons. The van der Waals surface area contributed by atoms with Crippen LogP contribution in [0.4, 0.5) is 0 Å². The van der Waals surface area contributed by atoms with Gasteiger partial charge in [0.15, 0.2) is 0 Å². The highest BCUT2D eigenvalue weighted by Crippen LogP contribution is 2.20. The Morgan fingerprint density at radius 1 is 1.25 bits per heavy atom. The van der Waals surface area contributed by atoms with Gasteiger partial charge in [-0.15, -0.1) is 0 Å². The van der Waals surface area contributed by atoms with Crippen molar-refractivity contribution in [1.29, 1.82) is 0 Å². The first-order valence-corrected chi connectivity index (χ1v) is 6.78. The van der Waals surface area contributed by atoms with E-state index in [4.69, 9.17) is 5.73 Å². The Hall–Kier alpha value is -0.120. The van der Waals surface area contributed by atoms with E-state index >= 15 is 0 Å². The lowest BCUT2D eigenvalue weighted by molar-refractivity contribution is 0.0381. The molecule has 0 aromatic heterocycles. The van der Waals surface area contributed by atoms with Crippen molar-refractivity contribution in [1.82, 2.24) is 10.4 Å². The normalized spacial score (nSPS) is 29.6. The summed E-state index contributed by atoms with van der Waals surface area (Å²) < 4.78 is 0. The first kappa shape index (κ1) is 13.9. The summed E-state index contributed by atoms with van der Waals surface area (Å²) in [6.45, 7) is 10.9. The fourth-order valence-corrected chi connectivity index (χ4v) is 2.55. The third kappa shape index (κ3) is 3.72. The van der Waals surface area contributed by atoms with Crippen molar-refractivity contribution in [2.24, 2.45) is 17.6 Å². The van der Waals surface area contributed by atoms with Gasteiger partial charge in [0.2, 0.25) is 0 Å². The predicted octanol–water partition coefficient (Wildman–Crippen LogP) is 1.98. The maximum atomic E-state index is 5.80. The zero-order valence-corrected chi connectivity index (χ0v) is 11.4. The van der Waals surface area contributed by atoms with E-state index < -0.39 is 0 Å². The summed E-state index contributed by atoms with van der Waals surface area (Å²) in [6.07, 6.45) is 3.99. The van der Waals surface area contributed by atoms with Crippen LogP contribution in [-0.2, 0) is 0 Å². The zero-order chi connectivity index (χ0) is 12.1. The molecule has 0 aromatic rings. The van der Waals surface area contributed by atoms with E-state index in [1.807, 2.05) is 0 Å². The highest BCUT2D eigenvalue weighted by molar-refractivity contribution is 4.77. The lowest BCUT2D eigenvalue weighted by Crippen LogP contribution is -2.54. The van der Waals surface area contributed by atoms with Crippen LogP contribution < -0.4 is 11.2 Å². The standard InChI is InChI=1S/C13H29N3/c1-10(2)13(8-14)9-15-16-11(3)6-5-7-12(16)4/h10-13,15H,5-9,14H2,1-4H3. The highest BCUT2D eigenvalue weighted by Gasteiger charge is 2.25. The molecule has 3 atom stereocenters. The molecule has 0 aromatic carbocycles. The Labute approximate surface area is 101 Å². The summed E-state index contributed by atoms with van der Waals surface area (Å²) in [5.74, 6) is 1.24. The fourth-order valence-electron chi connectivity index (χ4n) is 2.55. The van der Waals surface area contributed by atoms with E-state index in [0.29, 0.717) is 23.9 Å². The van der Waals surface area contributed by atoms with Crippen LogP contribution in [0.1, 0.15) is 47.0 Å². The van der Waals surface area contributed by atoms with Gasteiger partial charge in [-0.25, -0.2) is 5.01 Å². The van der Waals surface area contributed by atoms with Gasteiger partial charge in [-0.2, -0.15) is 0 Å². The van der Waals surface area contributed by atoms with E-state index in [1.54, 1.807) is 0 Å². The summed E-state index contributed by atoms with van der Waals surface area (Å²) in [6, 6.07) is 1.32. The van der Waals surface area contributed by atoms with Crippen LogP contribution in [0.15, 0.2) is 0 Å². The molecular weight excluding hydrogens is 198 g/mol. The minimum atomic E-state index is 0.585. The molecular formula is C13H29N3. The fraction of sp³-hybridized carbons (Fsp3) is 1.00. The second-order valence-electron chi connectivity index (χ2n) is 5.64. The van der Waals surface area contributed by atoms with Gasteiger partial charge in [0, 0.05) is 18.6 Å². The summed E-state index contributed by atoms with van der Waals surface area (Å²) in [5, 5.41) is 2.44. The summed E-state index contributed by atoms with van der Waals surface area (Å²) in [7, 11) is 0. The molecule has 96 valence electrons. The third-order valence-electron chi connectivity index (χ3n) is 3.98. The molecule has 1 heterocycles. The van der Waals surface area contributed by atoms with Gasteiger partial charge in [-0.05, 0) is 45.1 Å². The van der Waals surface area contributed by atoms with Crippen molar-refractivity contribution in [3.8, 4) is 0 Å². The Bertz CT molecular complexity index is 184. The minimum absolute atomic E-state index is 0.585. The van der Waals surface area contributed by atoms with Gasteiger partial charge in [-0.3, -0.25) is 5.43 Å². The Balaban J connectivity index is 2.39. The molecule has 1 aliphatic heterocycles. The van der Waals surface area contributed by atoms with Crippen LogP contribution in [0, 0.1) is 11.8 Å². The van der Waals surface area contributed by atoms with E-state index in [0.717, 1.165) is 13.1 Å². The topological polar surface area (TPSA) is 41.3 Å². The van der Waals surface area contributed by atoms with Gasteiger partial charge in [0.25, 0.3) is 0 Å². The number of rotatable bonds is 5. The molecule has 1 aliphatic rings. The van der Waals surface area contributed by atoms with E-state index in [-0.39, 0.29) is 0 Å². The average molecular weight is 227 g/mol. The van der Waals surface area contributed by atoms with Crippen molar-refractivity contribution in [2.75, 3.05) is 13.1 Å². The molecule has 0 saturated carbocycles. The molecule has 3 unspecified atom stereocenters. The van der Waals surface area contributed by atoms with Gasteiger partial charge in [0.1, 0.15) is 0 Å². The average Bonchev–Trinajstić information content (AvgIpc) is 2.22. The van der Waals surface area contributed by atoms with Crippen LogP contribution in [0.25, 0.3) is 0 Å². The van der Waals surface area contributed by atoms with Gasteiger partial charge in [0.05, 0.1) is 0 Å². The number of nitrogens with zero attached hydrogens (tertiary/aromatic N) is 1. The van der Waals surface area contributed by atoms with Crippen LogP contribution in [-0.4, -0.2) is 30.2 Å². The van der Waals surface area contributed by atoms with Gasteiger partial charge < -0.3 is 5.73 Å². The largest absolute Gasteiger partial charge is 0.330 e. The van der Waals surface area contributed by atoms with Crippen molar-refractivity contribution in [2.45, 2.75) is 59.0 Å². The number of hydrogen-bond acceptors (Lipinski definition) is 3. The number of hydrogen-bond donors (Lipinski definition) is 2. The summed E-state index contributed by atoms with van der Waals surface area (Å²) in [5.41, 5.74) is 9.41. The Morgan fingerprint density at radius 2 is 1.81 bits per heavy atom. The van der Waals surface area contributed by atoms with Crippen LogP contribution in [0.3, 0.4) is 0 Å². The molecule has 0 bridgehead atoms. The smallest absolute Gasteiger partial charge is 0.0218 e. The molecule has 1 fully saturated rings. The summed E-state index contributed by atoms with van der Waals surface area (Å²) >= 11 is 0. The molecule has 1 saturated heterocycles. The molecule has 1 rings (SSSR count). The molecule has 0 amide bonds. The minimum Gasteiger partial charge on any atom is -0.330 e. The number of hydrazine groups is 1. The van der Waals surface area contributed by atoms with Crippen molar-refractivity contribution in [3.63, 3.8) is 0 Å². The molecule has 3 heteroatoms. The first-order chi connectivity index (χ1) is 7.56. The van der Waals surface area contributed by atoms with Gasteiger partial charge in [-0.1, -0.05) is 20.3 Å². The number of nitrogens with one attached hydrogen (secondary N) is 1. The van der Waals surface area contributed by atoms with Crippen LogP contribution >= 0.6 is 0 Å². The SMILES string of the molecule is CC(C)C(CN)CNN1C(C)CCCC1C. The Kier molecular flexibility index (Phi) is 5.73. The number of nitrogens with two attached hydrogens (primary N) is 1. The van der Waals surface area contributed by atoms with Gasteiger partial charge >= 0.3 is 0 Å². The number of piperidine rings is 1. The predicted molar refractivity (Wildman–Crippen MR) is 70.0 cm³/mol. The quantitative estimate of drug-likeness (QED) is 0.754. The zero-order valence-electron chi connectivity index (χ0n) is 11.4.